The molecule has 0 fully saturated rings. The maximum atomic E-state index is 12.3. The normalized spacial score (nSPS) is 13.5. The zero-order valence-electron chi connectivity index (χ0n) is 11.5. The molecular weight excluding hydrogens is 266 g/mol. The summed E-state index contributed by atoms with van der Waals surface area (Å²) >= 11 is 0. The van der Waals surface area contributed by atoms with Gasteiger partial charge in [0.1, 0.15) is 0 Å². The number of aryl methyl sites for hydroxylation is 1. The van der Waals surface area contributed by atoms with E-state index in [4.69, 9.17) is 0 Å². The first-order chi connectivity index (χ1) is 10.1. The Hall–Kier alpha value is -2.75. The number of carbonyl (C=O) groups excluding carboxylic acids is 3. The highest BCUT2D eigenvalue weighted by Crippen LogP contribution is 2.24. The van der Waals surface area contributed by atoms with Crippen molar-refractivity contribution in [3.63, 3.8) is 0 Å². The lowest BCUT2D eigenvalue weighted by atomic mass is 10.1. The molecule has 104 valence electrons. The number of amides is 3. The lowest BCUT2D eigenvalue weighted by molar-refractivity contribution is -0.125. The Morgan fingerprint density at radius 2 is 1.62 bits per heavy atom. The zero-order valence-corrected chi connectivity index (χ0v) is 11.5. The van der Waals surface area contributed by atoms with Crippen LogP contribution in [0.3, 0.4) is 0 Å². The highest BCUT2D eigenvalue weighted by atomic mass is 16.2. The van der Waals surface area contributed by atoms with Gasteiger partial charge in [-0.05, 0) is 24.6 Å². The van der Waals surface area contributed by atoms with E-state index in [9.17, 15) is 14.4 Å². The maximum absolute atomic E-state index is 12.3. The van der Waals surface area contributed by atoms with Gasteiger partial charge < -0.3 is 0 Å². The number of carbonyl (C=O) groups is 3. The highest BCUT2D eigenvalue weighted by molar-refractivity contribution is 6.29. The Morgan fingerprint density at radius 1 is 0.952 bits per heavy atom. The van der Waals surface area contributed by atoms with Crippen LogP contribution in [0.25, 0.3) is 0 Å². The smallest absolute Gasteiger partial charge is 0.268 e. The van der Waals surface area contributed by atoms with Gasteiger partial charge in [-0.2, -0.15) is 0 Å². The van der Waals surface area contributed by atoms with Crippen LogP contribution in [-0.2, 0) is 11.2 Å². The molecule has 0 saturated heterocycles. The summed E-state index contributed by atoms with van der Waals surface area (Å²) in [5, 5.41) is 0. The standard InChI is InChI=1S/C17H13NO3/c1-11-7-8-13-14(9-11)17(21)18(16(13)20)15(19)10-12-5-3-2-4-6-12/h2-9H,10H2,1H3. The molecule has 2 aromatic rings. The second kappa shape index (κ2) is 4.98. The molecule has 21 heavy (non-hydrogen) atoms. The topological polar surface area (TPSA) is 54.5 Å². The molecule has 3 amide bonds. The molecule has 1 aliphatic heterocycles. The average molecular weight is 279 g/mol. The van der Waals surface area contributed by atoms with Crippen molar-refractivity contribution in [2.24, 2.45) is 0 Å². The Labute approximate surface area is 122 Å². The van der Waals surface area contributed by atoms with Gasteiger partial charge in [0.25, 0.3) is 11.8 Å². The SMILES string of the molecule is Cc1ccc2c(c1)C(=O)N(C(=O)Cc1ccccc1)C2=O. The first-order valence-electron chi connectivity index (χ1n) is 6.64. The number of hydrogen-bond donors (Lipinski definition) is 0. The van der Waals surface area contributed by atoms with Crippen LogP contribution in [-0.4, -0.2) is 22.6 Å². The number of benzene rings is 2. The summed E-state index contributed by atoms with van der Waals surface area (Å²) in [6.45, 7) is 1.84. The van der Waals surface area contributed by atoms with E-state index < -0.39 is 17.7 Å². The monoisotopic (exact) mass is 279 g/mol. The fourth-order valence-electron chi connectivity index (χ4n) is 2.43. The molecule has 0 aliphatic carbocycles. The van der Waals surface area contributed by atoms with Crippen LogP contribution >= 0.6 is 0 Å². The van der Waals surface area contributed by atoms with Crippen molar-refractivity contribution in [2.45, 2.75) is 13.3 Å². The molecule has 0 spiro atoms. The van der Waals surface area contributed by atoms with Crippen molar-refractivity contribution in [1.29, 1.82) is 0 Å². The van der Waals surface area contributed by atoms with Crippen molar-refractivity contribution in [2.75, 3.05) is 0 Å². The quantitative estimate of drug-likeness (QED) is 0.793. The second-order valence-corrected chi connectivity index (χ2v) is 5.05. The molecule has 3 rings (SSSR count). The van der Waals surface area contributed by atoms with Crippen LogP contribution < -0.4 is 0 Å². The van der Waals surface area contributed by atoms with Crippen molar-refractivity contribution < 1.29 is 14.4 Å². The van der Waals surface area contributed by atoms with E-state index in [-0.39, 0.29) is 6.42 Å². The van der Waals surface area contributed by atoms with E-state index in [2.05, 4.69) is 0 Å². The third-order valence-electron chi connectivity index (χ3n) is 3.49. The minimum Gasteiger partial charge on any atom is -0.274 e. The van der Waals surface area contributed by atoms with Gasteiger partial charge in [-0.25, -0.2) is 4.90 Å². The van der Waals surface area contributed by atoms with Crippen LogP contribution in [0.15, 0.2) is 48.5 Å². The van der Waals surface area contributed by atoms with Crippen LogP contribution in [0.5, 0.6) is 0 Å². The number of fused-ring (bicyclic) bond motifs is 1. The number of imide groups is 3. The summed E-state index contributed by atoms with van der Waals surface area (Å²) in [7, 11) is 0. The van der Waals surface area contributed by atoms with E-state index in [0.717, 1.165) is 16.0 Å². The molecule has 4 heteroatoms. The minimum atomic E-state index is -0.532. The van der Waals surface area contributed by atoms with Crippen molar-refractivity contribution >= 4 is 17.7 Å². The molecule has 2 aromatic carbocycles. The van der Waals surface area contributed by atoms with Crippen LogP contribution in [0.4, 0.5) is 0 Å². The Morgan fingerprint density at radius 3 is 2.33 bits per heavy atom. The van der Waals surface area contributed by atoms with Gasteiger partial charge in [0, 0.05) is 0 Å². The van der Waals surface area contributed by atoms with Crippen molar-refractivity contribution in [3.05, 3.63) is 70.8 Å². The zero-order chi connectivity index (χ0) is 15.0. The van der Waals surface area contributed by atoms with Crippen LogP contribution in [0.2, 0.25) is 0 Å². The molecule has 0 saturated carbocycles. The van der Waals surface area contributed by atoms with Gasteiger partial charge in [-0.1, -0.05) is 42.0 Å². The van der Waals surface area contributed by atoms with E-state index in [1.54, 1.807) is 30.3 Å². The molecule has 1 aliphatic rings. The van der Waals surface area contributed by atoms with Gasteiger partial charge in [0.05, 0.1) is 17.5 Å². The maximum Gasteiger partial charge on any atom is 0.268 e. The summed E-state index contributed by atoms with van der Waals surface area (Å²) in [6, 6.07) is 14.1. The third kappa shape index (κ3) is 2.25. The first-order valence-corrected chi connectivity index (χ1v) is 6.64. The van der Waals surface area contributed by atoms with E-state index in [0.29, 0.717) is 11.1 Å². The van der Waals surface area contributed by atoms with Gasteiger partial charge >= 0.3 is 0 Å². The van der Waals surface area contributed by atoms with Gasteiger partial charge in [0.2, 0.25) is 5.91 Å². The number of rotatable bonds is 2. The van der Waals surface area contributed by atoms with Crippen LogP contribution in [0, 0.1) is 6.92 Å². The molecule has 0 atom stereocenters. The lowest BCUT2D eigenvalue weighted by Gasteiger charge is -2.11. The Balaban J connectivity index is 1.89. The average Bonchev–Trinajstić information content (AvgIpc) is 2.71. The molecule has 1 heterocycles. The van der Waals surface area contributed by atoms with E-state index in [1.807, 2.05) is 25.1 Å². The summed E-state index contributed by atoms with van der Waals surface area (Å²) in [4.78, 5) is 37.5. The fourth-order valence-corrected chi connectivity index (χ4v) is 2.43. The summed E-state index contributed by atoms with van der Waals surface area (Å²) in [5.74, 6) is -1.55. The largest absolute Gasteiger partial charge is 0.274 e. The molecule has 0 radical (unpaired) electrons. The molecule has 0 N–H and O–H groups in total. The highest BCUT2D eigenvalue weighted by Gasteiger charge is 2.39. The van der Waals surface area contributed by atoms with Gasteiger partial charge in [0.15, 0.2) is 0 Å². The van der Waals surface area contributed by atoms with E-state index >= 15 is 0 Å². The van der Waals surface area contributed by atoms with Crippen LogP contribution in [0.1, 0.15) is 31.8 Å². The lowest BCUT2D eigenvalue weighted by Crippen LogP contribution is -2.37. The predicted octanol–water partition coefficient (Wildman–Crippen LogP) is 2.36. The molecule has 4 nitrogen and oxygen atoms in total. The Bertz CT molecular complexity index is 750. The molecule has 0 aromatic heterocycles. The van der Waals surface area contributed by atoms with Gasteiger partial charge in [-0.3, -0.25) is 14.4 Å². The summed E-state index contributed by atoms with van der Waals surface area (Å²) < 4.78 is 0. The van der Waals surface area contributed by atoms with E-state index in [1.165, 1.54) is 0 Å². The Kier molecular flexibility index (Phi) is 3.14. The summed E-state index contributed by atoms with van der Waals surface area (Å²) in [6.07, 6.45) is 0.0330. The van der Waals surface area contributed by atoms with Crippen molar-refractivity contribution in [1.82, 2.24) is 4.90 Å². The fraction of sp³-hybridized carbons (Fsp3) is 0.118. The first kappa shape index (κ1) is 13.2. The molecule has 0 unspecified atom stereocenters. The third-order valence-corrected chi connectivity index (χ3v) is 3.49. The molecular formula is C17H13NO3. The van der Waals surface area contributed by atoms with Gasteiger partial charge in [-0.15, -0.1) is 0 Å². The second-order valence-electron chi connectivity index (χ2n) is 5.05. The number of hydrogen-bond acceptors (Lipinski definition) is 3. The number of nitrogens with zero attached hydrogens (tertiary/aromatic N) is 1. The summed E-state index contributed by atoms with van der Waals surface area (Å²) in [5.41, 5.74) is 2.26. The molecule has 0 bridgehead atoms. The predicted molar refractivity (Wildman–Crippen MR) is 76.8 cm³/mol. The van der Waals surface area contributed by atoms with Crippen molar-refractivity contribution in [3.8, 4) is 0 Å². The minimum absolute atomic E-state index is 0.0330.